The van der Waals surface area contributed by atoms with Gasteiger partial charge >= 0.3 is 0 Å². The molecule has 2 aromatic heterocycles. The van der Waals surface area contributed by atoms with E-state index in [1.54, 1.807) is 7.11 Å². The molecule has 0 aliphatic carbocycles. The van der Waals surface area contributed by atoms with Gasteiger partial charge in [-0.25, -0.2) is 0 Å². The lowest BCUT2D eigenvalue weighted by atomic mass is 9.97. The molecule has 2 rings (SSSR count). The van der Waals surface area contributed by atoms with Gasteiger partial charge in [0.25, 0.3) is 0 Å². The number of hydrogen-bond donors (Lipinski definition) is 1. The van der Waals surface area contributed by atoms with Crippen molar-refractivity contribution < 1.29 is 4.74 Å². The van der Waals surface area contributed by atoms with Crippen LogP contribution in [0.3, 0.4) is 0 Å². The van der Waals surface area contributed by atoms with E-state index < -0.39 is 0 Å². The minimum Gasteiger partial charge on any atom is -0.496 e. The molecule has 0 aliphatic heterocycles. The van der Waals surface area contributed by atoms with Crippen LogP contribution in [0.1, 0.15) is 34.0 Å². The Labute approximate surface area is 126 Å². The first kappa shape index (κ1) is 15.4. The van der Waals surface area contributed by atoms with Crippen LogP contribution in [0.5, 0.6) is 5.75 Å². The largest absolute Gasteiger partial charge is 0.496 e. The molecule has 2 heterocycles. The van der Waals surface area contributed by atoms with Crippen molar-refractivity contribution in [3.63, 3.8) is 0 Å². The summed E-state index contributed by atoms with van der Waals surface area (Å²) >= 11 is 0. The molecule has 4 heteroatoms. The van der Waals surface area contributed by atoms with Gasteiger partial charge in [0.2, 0.25) is 0 Å². The van der Waals surface area contributed by atoms with E-state index in [1.165, 1.54) is 11.1 Å². The molecule has 0 spiro atoms. The van der Waals surface area contributed by atoms with Crippen molar-refractivity contribution in [2.75, 3.05) is 14.2 Å². The van der Waals surface area contributed by atoms with E-state index in [-0.39, 0.29) is 6.04 Å². The van der Waals surface area contributed by atoms with Crippen molar-refractivity contribution in [3.05, 3.63) is 52.6 Å². The molecule has 0 aliphatic rings. The third-order valence-electron chi connectivity index (χ3n) is 3.93. The van der Waals surface area contributed by atoms with E-state index in [0.29, 0.717) is 0 Å². The Hall–Kier alpha value is -1.94. The Kier molecular flexibility index (Phi) is 4.91. The van der Waals surface area contributed by atoms with Gasteiger partial charge in [-0.2, -0.15) is 0 Å². The van der Waals surface area contributed by atoms with Crippen molar-refractivity contribution in [1.82, 2.24) is 15.3 Å². The predicted octanol–water partition coefficient (Wildman–Crippen LogP) is 2.91. The highest BCUT2D eigenvalue weighted by molar-refractivity contribution is 5.42. The number of rotatable bonds is 5. The molecule has 0 fully saturated rings. The summed E-state index contributed by atoms with van der Waals surface area (Å²) in [7, 11) is 3.69. The smallest absolute Gasteiger partial charge is 0.128 e. The summed E-state index contributed by atoms with van der Waals surface area (Å²) in [4.78, 5) is 8.76. The zero-order chi connectivity index (χ0) is 15.4. The van der Waals surface area contributed by atoms with Gasteiger partial charge in [0.1, 0.15) is 5.75 Å². The van der Waals surface area contributed by atoms with E-state index in [0.717, 1.165) is 29.0 Å². The topological polar surface area (TPSA) is 47.0 Å². The first-order valence-corrected chi connectivity index (χ1v) is 7.15. The highest BCUT2D eigenvalue weighted by Crippen LogP contribution is 2.27. The van der Waals surface area contributed by atoms with Gasteiger partial charge < -0.3 is 10.1 Å². The van der Waals surface area contributed by atoms with E-state index in [4.69, 9.17) is 4.74 Å². The minimum atomic E-state index is 0.214. The number of aromatic nitrogens is 2. The number of nitrogens with one attached hydrogen (secondary N) is 1. The zero-order valence-corrected chi connectivity index (χ0v) is 13.4. The van der Waals surface area contributed by atoms with Crippen LogP contribution in [0.4, 0.5) is 0 Å². The molecule has 0 radical (unpaired) electrons. The lowest BCUT2D eigenvalue weighted by Gasteiger charge is -2.20. The Bertz CT molecular complexity index is 625. The van der Waals surface area contributed by atoms with Gasteiger partial charge in [0.15, 0.2) is 0 Å². The Morgan fingerprint density at radius 3 is 2.57 bits per heavy atom. The molecule has 1 unspecified atom stereocenters. The molecule has 1 N–H and O–H groups in total. The van der Waals surface area contributed by atoms with Crippen LogP contribution in [0, 0.1) is 20.8 Å². The summed E-state index contributed by atoms with van der Waals surface area (Å²) < 4.78 is 5.49. The molecule has 0 amide bonds. The maximum atomic E-state index is 5.49. The predicted molar refractivity (Wildman–Crippen MR) is 84.7 cm³/mol. The Morgan fingerprint density at radius 1 is 1.19 bits per heavy atom. The Morgan fingerprint density at radius 2 is 1.95 bits per heavy atom. The lowest BCUT2D eigenvalue weighted by molar-refractivity contribution is 0.406. The minimum absolute atomic E-state index is 0.214. The SMILES string of the molecule is CNC(Cc1ncc(C)c(OC)c1C)c1ccncc1C. The van der Waals surface area contributed by atoms with Crippen molar-refractivity contribution in [1.29, 1.82) is 0 Å². The van der Waals surface area contributed by atoms with Crippen LogP contribution in [0.25, 0.3) is 0 Å². The van der Waals surface area contributed by atoms with E-state index >= 15 is 0 Å². The Balaban J connectivity index is 2.34. The fourth-order valence-electron chi connectivity index (χ4n) is 2.71. The van der Waals surface area contributed by atoms with Crippen molar-refractivity contribution in [2.45, 2.75) is 33.2 Å². The maximum Gasteiger partial charge on any atom is 0.128 e. The summed E-state index contributed by atoms with van der Waals surface area (Å²) in [5.41, 5.74) is 5.69. The van der Waals surface area contributed by atoms with Gasteiger partial charge in [-0.05, 0) is 45.0 Å². The number of pyridine rings is 2. The summed E-state index contributed by atoms with van der Waals surface area (Å²) in [6, 6.07) is 2.28. The van der Waals surface area contributed by atoms with Crippen molar-refractivity contribution >= 4 is 0 Å². The highest BCUT2D eigenvalue weighted by Gasteiger charge is 2.17. The standard InChI is InChI=1S/C17H23N3O/c1-11-9-19-7-6-14(11)16(18-4)8-15-13(3)17(21-5)12(2)10-20-15/h6-7,9-10,16,18H,8H2,1-5H3. The van der Waals surface area contributed by atoms with Crippen molar-refractivity contribution in [2.24, 2.45) is 0 Å². The molecule has 0 saturated carbocycles. The molecule has 0 bridgehead atoms. The van der Waals surface area contributed by atoms with Crippen LogP contribution in [-0.4, -0.2) is 24.1 Å². The van der Waals surface area contributed by atoms with Gasteiger partial charge in [0, 0.05) is 47.9 Å². The molecular formula is C17H23N3O. The van der Waals surface area contributed by atoms with Crippen LogP contribution >= 0.6 is 0 Å². The second-order valence-corrected chi connectivity index (χ2v) is 5.32. The second kappa shape index (κ2) is 6.68. The molecule has 0 aromatic carbocycles. The van der Waals surface area contributed by atoms with Crippen LogP contribution in [-0.2, 0) is 6.42 Å². The molecular weight excluding hydrogens is 262 g/mol. The first-order chi connectivity index (χ1) is 10.1. The van der Waals surface area contributed by atoms with Crippen LogP contribution < -0.4 is 10.1 Å². The number of methoxy groups -OCH3 is 1. The average molecular weight is 285 g/mol. The quantitative estimate of drug-likeness (QED) is 0.917. The third-order valence-corrected chi connectivity index (χ3v) is 3.93. The van der Waals surface area contributed by atoms with E-state index in [2.05, 4.69) is 35.2 Å². The normalized spacial score (nSPS) is 12.2. The number of aryl methyl sites for hydroxylation is 2. The van der Waals surface area contributed by atoms with E-state index in [9.17, 15) is 0 Å². The molecule has 2 aromatic rings. The summed E-state index contributed by atoms with van der Waals surface area (Å²) in [5.74, 6) is 0.932. The lowest BCUT2D eigenvalue weighted by Crippen LogP contribution is -2.21. The number of ether oxygens (including phenoxy) is 1. The first-order valence-electron chi connectivity index (χ1n) is 7.15. The van der Waals surface area contributed by atoms with Gasteiger partial charge in [0.05, 0.1) is 7.11 Å². The van der Waals surface area contributed by atoms with E-state index in [1.807, 2.05) is 32.6 Å². The monoisotopic (exact) mass is 285 g/mol. The second-order valence-electron chi connectivity index (χ2n) is 5.32. The van der Waals surface area contributed by atoms with Gasteiger partial charge in [-0.1, -0.05) is 0 Å². The number of likely N-dealkylation sites (N-methyl/N-ethyl adjacent to an activating group) is 1. The fraction of sp³-hybridized carbons (Fsp3) is 0.412. The molecule has 1 atom stereocenters. The molecule has 112 valence electrons. The summed E-state index contributed by atoms with van der Waals surface area (Å²) in [5, 5.41) is 3.38. The molecule has 0 saturated heterocycles. The van der Waals surface area contributed by atoms with Crippen LogP contribution in [0.2, 0.25) is 0 Å². The fourth-order valence-corrected chi connectivity index (χ4v) is 2.71. The summed E-state index contributed by atoms with van der Waals surface area (Å²) in [6.07, 6.45) is 6.44. The maximum absolute atomic E-state index is 5.49. The van der Waals surface area contributed by atoms with Crippen molar-refractivity contribution in [3.8, 4) is 5.75 Å². The molecule has 4 nitrogen and oxygen atoms in total. The average Bonchev–Trinajstić information content (AvgIpc) is 2.48. The van der Waals surface area contributed by atoms with Gasteiger partial charge in [-0.3, -0.25) is 9.97 Å². The zero-order valence-electron chi connectivity index (χ0n) is 13.4. The van der Waals surface area contributed by atoms with Crippen LogP contribution in [0.15, 0.2) is 24.7 Å². The molecule has 21 heavy (non-hydrogen) atoms. The number of nitrogens with zero attached hydrogens (tertiary/aromatic N) is 2. The van der Waals surface area contributed by atoms with Gasteiger partial charge in [-0.15, -0.1) is 0 Å². The highest BCUT2D eigenvalue weighted by atomic mass is 16.5. The number of hydrogen-bond acceptors (Lipinski definition) is 4. The third kappa shape index (κ3) is 3.22. The summed E-state index contributed by atoms with van der Waals surface area (Å²) in [6.45, 7) is 6.17.